The van der Waals surface area contributed by atoms with Crippen LogP contribution in [0.3, 0.4) is 0 Å². The highest BCUT2D eigenvalue weighted by molar-refractivity contribution is 6.27. The number of aromatic nitrogens is 4. The lowest BCUT2D eigenvalue weighted by molar-refractivity contribution is -0.201. The molecule has 0 spiro atoms. The van der Waals surface area contributed by atoms with Crippen LogP contribution >= 0.6 is 0 Å². The van der Waals surface area contributed by atoms with E-state index in [2.05, 4.69) is 25.4 Å². The summed E-state index contributed by atoms with van der Waals surface area (Å²) < 4.78 is 85.7. The Hall–Kier alpha value is -3.90. The average molecular weight is 497 g/mol. The van der Waals surface area contributed by atoms with E-state index in [9.17, 15) is 31.1 Å². The van der Waals surface area contributed by atoms with E-state index in [0.717, 1.165) is 29.8 Å². The van der Waals surface area contributed by atoms with Crippen molar-refractivity contribution in [2.75, 3.05) is 6.61 Å². The Balaban J connectivity index is 1.82. The molecule has 0 fully saturated rings. The minimum atomic E-state index is -4.98. The smallest absolute Gasteiger partial charge is 0.422 e. The van der Waals surface area contributed by atoms with Crippen molar-refractivity contribution < 1.29 is 35.9 Å². The van der Waals surface area contributed by atoms with Crippen LogP contribution in [0.1, 0.15) is 28.9 Å². The molecule has 2 aromatic carbocycles. The van der Waals surface area contributed by atoms with Gasteiger partial charge < -0.3 is 10.1 Å². The lowest BCUT2D eigenvalue weighted by Crippen LogP contribution is -2.58. The Labute approximate surface area is 194 Å². The minimum Gasteiger partial charge on any atom is -0.484 e. The van der Waals surface area contributed by atoms with Crippen LogP contribution < -0.4 is 10.1 Å². The first kappa shape index (κ1) is 24.2. The molecule has 2 heterocycles. The zero-order valence-corrected chi connectivity index (χ0v) is 18.0. The lowest BCUT2D eigenvalue weighted by atomic mass is 9.76. The summed E-state index contributed by atoms with van der Waals surface area (Å²) in [5.41, 5.74) is -2.19. The Bertz CT molecular complexity index is 1240. The summed E-state index contributed by atoms with van der Waals surface area (Å²) in [5.74, 6) is -1.53. The van der Waals surface area contributed by atoms with Gasteiger partial charge in [0.25, 0.3) is 5.91 Å². The van der Waals surface area contributed by atoms with Gasteiger partial charge in [0.2, 0.25) is 5.82 Å². The molecule has 7 nitrogen and oxygen atoms in total. The fourth-order valence-corrected chi connectivity index (χ4v) is 3.81. The van der Waals surface area contributed by atoms with Crippen molar-refractivity contribution in [3.05, 3.63) is 71.0 Å². The van der Waals surface area contributed by atoms with Crippen molar-refractivity contribution in [2.45, 2.75) is 31.2 Å². The number of aromatic amines is 1. The van der Waals surface area contributed by atoms with Crippen molar-refractivity contribution in [1.82, 2.24) is 25.9 Å². The number of aryl methyl sites for hydroxylation is 1. The largest absolute Gasteiger partial charge is 0.484 e. The van der Waals surface area contributed by atoms with Crippen LogP contribution in [0.25, 0.3) is 11.1 Å². The topological polar surface area (TPSA) is 92.8 Å². The Morgan fingerprint density at radius 3 is 2.20 bits per heavy atom. The molecule has 1 aliphatic heterocycles. The van der Waals surface area contributed by atoms with E-state index >= 15 is 0 Å². The van der Waals surface area contributed by atoms with Crippen LogP contribution in [0.2, 0.25) is 0 Å². The highest BCUT2D eigenvalue weighted by atomic mass is 19.4. The molecular weight excluding hydrogens is 480 g/mol. The van der Waals surface area contributed by atoms with Crippen LogP contribution in [0, 0.1) is 6.92 Å². The van der Waals surface area contributed by atoms with Gasteiger partial charge in [-0.1, -0.05) is 42.0 Å². The predicted molar refractivity (Wildman–Crippen MR) is 111 cm³/mol. The third-order valence-corrected chi connectivity index (χ3v) is 5.50. The van der Waals surface area contributed by atoms with E-state index in [4.69, 9.17) is 0 Å². The van der Waals surface area contributed by atoms with Crippen LogP contribution in [0.4, 0.5) is 26.3 Å². The molecule has 0 saturated heterocycles. The minimum absolute atomic E-state index is 0.0323. The van der Waals surface area contributed by atoms with Crippen molar-refractivity contribution in [3.63, 3.8) is 0 Å². The van der Waals surface area contributed by atoms with E-state index in [1.54, 1.807) is 31.2 Å². The quantitative estimate of drug-likeness (QED) is 0.512. The van der Waals surface area contributed by atoms with Gasteiger partial charge in [0.15, 0.2) is 12.1 Å². The van der Waals surface area contributed by atoms with E-state index in [-0.39, 0.29) is 28.3 Å². The molecule has 2 N–H and O–H groups in total. The van der Waals surface area contributed by atoms with Crippen LogP contribution in [0.15, 0.2) is 48.5 Å². The standard InChI is InChI=1S/C22H17F6N5O2/c1-12-2-4-13(5-3-12)16-10-20(22(26,27)28,29-19(34)17(16)18-30-32-33-31-18)14-6-8-15(9-7-14)35-11-21(23,24)25/h2-9H,10-11H2,1H3,(H,29,34)(H,30,31,32,33)/t20-/m0/s1. The number of amides is 1. The molecule has 1 aromatic heterocycles. The summed E-state index contributed by atoms with van der Waals surface area (Å²) >= 11 is 0. The maximum atomic E-state index is 14.6. The SMILES string of the molecule is Cc1ccc(C2=C(c3nn[nH]n3)C(=O)N[C@@](c3ccc(OCC(F)(F)F)cc3)(C(F)(F)F)C2)cc1. The molecule has 1 aliphatic rings. The molecule has 0 unspecified atom stereocenters. The highest BCUT2D eigenvalue weighted by Gasteiger charge is 2.59. The number of ether oxygens (including phenoxy) is 1. The second-order valence-corrected chi connectivity index (χ2v) is 7.92. The molecular formula is C22H17F6N5O2. The second-order valence-electron chi connectivity index (χ2n) is 7.92. The third kappa shape index (κ3) is 4.84. The number of nitrogens with one attached hydrogen (secondary N) is 2. The summed E-state index contributed by atoms with van der Waals surface area (Å²) in [5, 5.41) is 15.1. The van der Waals surface area contributed by atoms with Gasteiger partial charge in [-0.3, -0.25) is 4.79 Å². The monoisotopic (exact) mass is 497 g/mol. The average Bonchev–Trinajstić information content (AvgIpc) is 3.31. The third-order valence-electron chi connectivity index (χ3n) is 5.50. The zero-order chi connectivity index (χ0) is 25.4. The number of halogens is 6. The molecule has 3 aromatic rings. The lowest BCUT2D eigenvalue weighted by Gasteiger charge is -2.41. The number of benzene rings is 2. The van der Waals surface area contributed by atoms with Crippen LogP contribution in [0.5, 0.6) is 5.75 Å². The van der Waals surface area contributed by atoms with Gasteiger partial charge in [0, 0.05) is 6.42 Å². The second kappa shape index (κ2) is 8.71. The molecule has 1 amide bonds. The number of hydrogen-bond donors (Lipinski definition) is 2. The molecule has 0 radical (unpaired) electrons. The first-order valence-electron chi connectivity index (χ1n) is 10.1. The number of rotatable bonds is 5. The number of carbonyl (C=O) groups excluding carboxylic acids is 1. The zero-order valence-electron chi connectivity index (χ0n) is 18.0. The molecule has 0 saturated carbocycles. The molecule has 35 heavy (non-hydrogen) atoms. The fraction of sp³-hybridized carbons (Fsp3) is 0.273. The van der Waals surface area contributed by atoms with Gasteiger partial charge in [-0.2, -0.15) is 31.6 Å². The summed E-state index contributed by atoms with van der Waals surface area (Å²) in [6.45, 7) is 0.204. The van der Waals surface area contributed by atoms with Gasteiger partial charge in [-0.15, -0.1) is 10.2 Å². The number of hydrogen-bond acceptors (Lipinski definition) is 5. The van der Waals surface area contributed by atoms with Crippen molar-refractivity contribution in [3.8, 4) is 5.75 Å². The van der Waals surface area contributed by atoms with Crippen LogP contribution in [-0.2, 0) is 10.3 Å². The van der Waals surface area contributed by atoms with E-state index in [1.807, 2.05) is 5.32 Å². The number of alkyl halides is 6. The van der Waals surface area contributed by atoms with E-state index in [0.29, 0.717) is 5.56 Å². The van der Waals surface area contributed by atoms with Gasteiger partial charge in [-0.05, 0) is 41.0 Å². The fourth-order valence-electron chi connectivity index (χ4n) is 3.81. The number of tetrazole rings is 1. The van der Waals surface area contributed by atoms with Crippen molar-refractivity contribution >= 4 is 17.1 Å². The predicted octanol–water partition coefficient (Wildman–Crippen LogP) is 4.34. The Morgan fingerprint density at radius 1 is 1.00 bits per heavy atom. The highest BCUT2D eigenvalue weighted by Crippen LogP contribution is 2.49. The van der Waals surface area contributed by atoms with Crippen molar-refractivity contribution in [1.29, 1.82) is 0 Å². The van der Waals surface area contributed by atoms with E-state index < -0.39 is 36.8 Å². The van der Waals surface area contributed by atoms with Crippen LogP contribution in [-0.4, -0.2) is 45.5 Å². The Morgan fingerprint density at radius 2 is 1.66 bits per heavy atom. The number of H-pyrrole nitrogens is 1. The first-order valence-corrected chi connectivity index (χ1v) is 10.1. The van der Waals surface area contributed by atoms with Crippen molar-refractivity contribution in [2.24, 2.45) is 0 Å². The van der Waals surface area contributed by atoms with E-state index in [1.165, 1.54) is 0 Å². The van der Waals surface area contributed by atoms with Gasteiger partial charge >= 0.3 is 12.4 Å². The molecule has 0 bridgehead atoms. The summed E-state index contributed by atoms with van der Waals surface area (Å²) in [4.78, 5) is 13.1. The molecule has 0 aliphatic carbocycles. The first-order chi connectivity index (χ1) is 16.4. The Kier molecular flexibility index (Phi) is 6.03. The summed E-state index contributed by atoms with van der Waals surface area (Å²) in [7, 11) is 0. The normalized spacial score (nSPS) is 19.0. The number of nitrogens with zero attached hydrogens (tertiary/aromatic N) is 3. The van der Waals surface area contributed by atoms with Gasteiger partial charge in [0.1, 0.15) is 5.75 Å². The summed E-state index contributed by atoms with van der Waals surface area (Å²) in [6, 6.07) is 10.5. The number of carbonyl (C=O) groups is 1. The molecule has 184 valence electrons. The molecule has 4 rings (SSSR count). The summed E-state index contributed by atoms with van der Waals surface area (Å²) in [6.07, 6.45) is -10.3. The maximum absolute atomic E-state index is 14.6. The molecule has 1 atom stereocenters. The van der Waals surface area contributed by atoms with Gasteiger partial charge in [-0.25, -0.2) is 0 Å². The maximum Gasteiger partial charge on any atom is 0.422 e. The molecule has 13 heteroatoms. The van der Waals surface area contributed by atoms with Gasteiger partial charge in [0.05, 0.1) is 5.57 Å².